The summed E-state index contributed by atoms with van der Waals surface area (Å²) in [5.41, 5.74) is 8.12. The number of aryl methyl sites for hydroxylation is 1. The molecular weight excluding hydrogens is 260 g/mol. The van der Waals surface area contributed by atoms with Crippen LogP contribution in [-0.4, -0.2) is 19.0 Å². The smallest absolute Gasteiger partial charge is 0.227 e. The molecule has 1 aromatic carbocycles. The van der Waals surface area contributed by atoms with Crippen molar-refractivity contribution in [3.8, 4) is 0 Å². The van der Waals surface area contributed by atoms with E-state index in [4.69, 9.17) is 5.73 Å². The van der Waals surface area contributed by atoms with Crippen molar-refractivity contribution < 1.29 is 4.79 Å². The van der Waals surface area contributed by atoms with Crippen LogP contribution in [-0.2, 0) is 11.2 Å². The van der Waals surface area contributed by atoms with Crippen molar-refractivity contribution in [1.29, 1.82) is 0 Å². The summed E-state index contributed by atoms with van der Waals surface area (Å²) in [6.07, 6.45) is 4.59. The van der Waals surface area contributed by atoms with Crippen molar-refractivity contribution in [2.45, 2.75) is 52.9 Å². The Balaban J connectivity index is 2.60. The largest absolute Gasteiger partial charge is 0.355 e. The summed E-state index contributed by atoms with van der Waals surface area (Å²) in [5, 5.41) is 3.10. The molecule has 1 aromatic rings. The molecule has 3 heteroatoms. The highest BCUT2D eigenvalue weighted by molar-refractivity contribution is 5.82. The standard InChI is InChI=1S/C18H30N2O/c1-4-11-18(14-19,12-5-2)17(21)20-13-10-16-9-7-6-8-15(16)3/h6-9H,4-5,10-14,19H2,1-3H3,(H,20,21). The van der Waals surface area contributed by atoms with E-state index in [1.807, 2.05) is 12.1 Å². The van der Waals surface area contributed by atoms with Crippen LogP contribution in [0.2, 0.25) is 0 Å². The molecule has 118 valence electrons. The van der Waals surface area contributed by atoms with Crippen LogP contribution in [0.15, 0.2) is 24.3 Å². The molecule has 0 atom stereocenters. The Morgan fingerprint density at radius 2 is 1.81 bits per heavy atom. The van der Waals surface area contributed by atoms with Crippen LogP contribution in [0.3, 0.4) is 0 Å². The molecule has 0 aliphatic heterocycles. The first-order chi connectivity index (χ1) is 10.1. The lowest BCUT2D eigenvalue weighted by atomic mass is 9.78. The highest BCUT2D eigenvalue weighted by Crippen LogP contribution is 2.29. The first-order valence-corrected chi connectivity index (χ1v) is 8.12. The van der Waals surface area contributed by atoms with Crippen molar-refractivity contribution in [2.75, 3.05) is 13.1 Å². The Morgan fingerprint density at radius 1 is 1.19 bits per heavy atom. The molecule has 0 saturated heterocycles. The molecule has 21 heavy (non-hydrogen) atoms. The van der Waals surface area contributed by atoms with E-state index in [0.29, 0.717) is 13.1 Å². The number of rotatable bonds is 9. The number of carbonyl (C=O) groups is 1. The Labute approximate surface area is 129 Å². The SMILES string of the molecule is CCCC(CN)(CCC)C(=O)NCCc1ccccc1C. The third-order valence-electron chi connectivity index (χ3n) is 4.27. The molecule has 0 bridgehead atoms. The Bertz CT molecular complexity index is 437. The number of carbonyl (C=O) groups excluding carboxylic acids is 1. The lowest BCUT2D eigenvalue weighted by molar-refractivity contribution is -0.131. The monoisotopic (exact) mass is 290 g/mol. The second kappa shape index (κ2) is 8.83. The molecule has 0 unspecified atom stereocenters. The van der Waals surface area contributed by atoms with Crippen molar-refractivity contribution >= 4 is 5.91 Å². The van der Waals surface area contributed by atoms with Crippen molar-refractivity contribution in [1.82, 2.24) is 5.32 Å². The highest BCUT2D eigenvalue weighted by Gasteiger charge is 2.34. The lowest BCUT2D eigenvalue weighted by Gasteiger charge is -2.30. The van der Waals surface area contributed by atoms with Gasteiger partial charge in [0.05, 0.1) is 5.41 Å². The molecule has 0 aromatic heterocycles. The summed E-state index contributed by atoms with van der Waals surface area (Å²) in [7, 11) is 0. The second-order valence-corrected chi connectivity index (χ2v) is 5.92. The van der Waals surface area contributed by atoms with Gasteiger partial charge in [0.2, 0.25) is 5.91 Å². The molecule has 0 spiro atoms. The summed E-state index contributed by atoms with van der Waals surface area (Å²) >= 11 is 0. The van der Waals surface area contributed by atoms with Crippen LogP contribution in [0, 0.1) is 12.3 Å². The number of nitrogens with one attached hydrogen (secondary N) is 1. The Morgan fingerprint density at radius 3 is 2.33 bits per heavy atom. The predicted octanol–water partition coefficient (Wildman–Crippen LogP) is 3.20. The zero-order valence-corrected chi connectivity index (χ0v) is 13.7. The summed E-state index contributed by atoms with van der Waals surface area (Å²) in [6.45, 7) is 7.45. The Kier molecular flexibility index (Phi) is 7.44. The lowest BCUT2D eigenvalue weighted by Crippen LogP contribution is -2.46. The molecule has 0 saturated carbocycles. The van der Waals surface area contributed by atoms with Gasteiger partial charge in [-0.05, 0) is 37.3 Å². The molecule has 0 heterocycles. The molecule has 3 N–H and O–H groups in total. The van der Waals surface area contributed by atoms with Gasteiger partial charge >= 0.3 is 0 Å². The van der Waals surface area contributed by atoms with Crippen LogP contribution in [0.5, 0.6) is 0 Å². The van der Waals surface area contributed by atoms with Crippen LogP contribution in [0.1, 0.15) is 50.7 Å². The first kappa shape index (κ1) is 17.7. The summed E-state index contributed by atoms with van der Waals surface area (Å²) in [5.74, 6) is 0.127. The fourth-order valence-corrected chi connectivity index (χ4v) is 2.99. The zero-order valence-electron chi connectivity index (χ0n) is 13.7. The van der Waals surface area contributed by atoms with Gasteiger partial charge in [0, 0.05) is 13.1 Å². The second-order valence-electron chi connectivity index (χ2n) is 5.92. The summed E-state index contributed by atoms with van der Waals surface area (Å²) in [6, 6.07) is 8.31. The third kappa shape index (κ3) is 4.85. The number of nitrogens with two attached hydrogens (primary N) is 1. The fourth-order valence-electron chi connectivity index (χ4n) is 2.99. The maximum atomic E-state index is 12.6. The first-order valence-electron chi connectivity index (χ1n) is 8.12. The fraction of sp³-hybridized carbons (Fsp3) is 0.611. The van der Waals surface area contributed by atoms with E-state index in [9.17, 15) is 4.79 Å². The van der Waals surface area contributed by atoms with Gasteiger partial charge in [0.1, 0.15) is 0 Å². The summed E-state index contributed by atoms with van der Waals surface area (Å²) < 4.78 is 0. The van der Waals surface area contributed by atoms with E-state index in [2.05, 4.69) is 38.2 Å². The van der Waals surface area contributed by atoms with Gasteiger partial charge in [-0.3, -0.25) is 4.79 Å². The van der Waals surface area contributed by atoms with Crippen LogP contribution >= 0.6 is 0 Å². The molecule has 1 amide bonds. The summed E-state index contributed by atoms with van der Waals surface area (Å²) in [4.78, 5) is 12.6. The topological polar surface area (TPSA) is 55.1 Å². The minimum atomic E-state index is -0.380. The van der Waals surface area contributed by atoms with Gasteiger partial charge in [0.25, 0.3) is 0 Å². The molecule has 3 nitrogen and oxygen atoms in total. The normalized spacial score (nSPS) is 11.4. The van der Waals surface area contributed by atoms with Gasteiger partial charge in [-0.25, -0.2) is 0 Å². The predicted molar refractivity (Wildman–Crippen MR) is 89.2 cm³/mol. The average Bonchev–Trinajstić information content (AvgIpc) is 2.48. The zero-order chi connectivity index (χ0) is 15.7. The Hall–Kier alpha value is -1.35. The number of hydrogen-bond acceptors (Lipinski definition) is 2. The molecule has 1 rings (SSSR count). The van der Waals surface area contributed by atoms with Gasteiger partial charge in [0.15, 0.2) is 0 Å². The van der Waals surface area contributed by atoms with Crippen molar-refractivity contribution in [3.63, 3.8) is 0 Å². The van der Waals surface area contributed by atoms with Crippen LogP contribution in [0.25, 0.3) is 0 Å². The van der Waals surface area contributed by atoms with E-state index in [-0.39, 0.29) is 11.3 Å². The van der Waals surface area contributed by atoms with E-state index in [1.165, 1.54) is 11.1 Å². The molecular formula is C18H30N2O. The molecule has 0 aliphatic rings. The van der Waals surface area contributed by atoms with E-state index in [0.717, 1.165) is 32.1 Å². The van der Waals surface area contributed by atoms with Crippen LogP contribution in [0.4, 0.5) is 0 Å². The number of benzene rings is 1. The van der Waals surface area contributed by atoms with Gasteiger partial charge in [-0.1, -0.05) is 51.0 Å². The maximum absolute atomic E-state index is 12.6. The van der Waals surface area contributed by atoms with E-state index in [1.54, 1.807) is 0 Å². The van der Waals surface area contributed by atoms with Crippen molar-refractivity contribution in [2.24, 2.45) is 11.1 Å². The number of hydrogen-bond donors (Lipinski definition) is 2. The van der Waals surface area contributed by atoms with Crippen molar-refractivity contribution in [3.05, 3.63) is 35.4 Å². The molecule has 0 radical (unpaired) electrons. The number of amides is 1. The minimum absolute atomic E-state index is 0.127. The molecule has 0 fully saturated rings. The van der Waals surface area contributed by atoms with Gasteiger partial charge < -0.3 is 11.1 Å². The van der Waals surface area contributed by atoms with E-state index < -0.39 is 0 Å². The highest BCUT2D eigenvalue weighted by atomic mass is 16.2. The quantitative estimate of drug-likeness (QED) is 0.734. The van der Waals surface area contributed by atoms with Crippen LogP contribution < -0.4 is 11.1 Å². The van der Waals surface area contributed by atoms with Gasteiger partial charge in [-0.2, -0.15) is 0 Å². The van der Waals surface area contributed by atoms with E-state index >= 15 is 0 Å². The maximum Gasteiger partial charge on any atom is 0.227 e. The minimum Gasteiger partial charge on any atom is -0.355 e. The van der Waals surface area contributed by atoms with Gasteiger partial charge in [-0.15, -0.1) is 0 Å². The third-order valence-corrected chi connectivity index (χ3v) is 4.27. The average molecular weight is 290 g/mol. The molecule has 0 aliphatic carbocycles.